The molecule has 1 fully saturated rings. The van der Waals surface area contributed by atoms with Crippen LogP contribution in [0, 0.1) is 6.92 Å². The maximum absolute atomic E-state index is 13.1. The largest absolute Gasteiger partial charge is 0.480 e. The number of hydrogen-bond donors (Lipinski definition) is 3. The summed E-state index contributed by atoms with van der Waals surface area (Å²) in [6.45, 7) is 1.91. The number of nitrogens with zero attached hydrogens (tertiary/aromatic N) is 2. The quantitative estimate of drug-likeness (QED) is 0.414. The Morgan fingerprint density at radius 2 is 1.78 bits per heavy atom. The minimum atomic E-state index is -3.92. The number of carbonyl (C=O) groups is 3. The molecule has 1 aliphatic heterocycles. The van der Waals surface area contributed by atoms with E-state index in [1.54, 1.807) is 24.3 Å². The molecular weight excluding hydrogens is 502 g/mol. The summed E-state index contributed by atoms with van der Waals surface area (Å²) in [5, 5.41) is 21.1. The van der Waals surface area contributed by atoms with Gasteiger partial charge >= 0.3 is 12.1 Å². The van der Waals surface area contributed by atoms with Gasteiger partial charge in [-0.3, -0.25) is 4.79 Å². The average molecular weight is 534 g/mol. The number of aliphatic hydroxyl groups excluding tert-OH is 1. The van der Waals surface area contributed by atoms with E-state index in [9.17, 15) is 27.9 Å². The topological polar surface area (TPSA) is 154 Å². The molecule has 3 rings (SSSR count). The molecule has 0 aromatic heterocycles. The molecule has 2 aromatic carbocycles. The van der Waals surface area contributed by atoms with Gasteiger partial charge in [-0.2, -0.15) is 4.31 Å². The van der Waals surface area contributed by atoms with E-state index >= 15 is 0 Å². The van der Waals surface area contributed by atoms with Crippen LogP contribution in [0.5, 0.6) is 5.75 Å². The standard InChI is InChI=1S/C25H31N3O8S/c1-17-5-11-20(12-6-17)37(34,35)28-13-3-4-22(28)23(30)26-21(24(31)32)16-18-7-9-19(10-8-18)36-25(33)27(2)14-15-29/h5-12,21-22,29H,3-4,13-16H2,1-2H3,(H,26,30)(H,31,32)/t21-,22-/m0/s1. The van der Waals surface area contributed by atoms with Crippen molar-refractivity contribution in [2.24, 2.45) is 0 Å². The number of carboxylic acids is 1. The van der Waals surface area contributed by atoms with Crippen LogP contribution in [-0.2, 0) is 26.0 Å². The second-order valence-corrected chi connectivity index (χ2v) is 10.7. The number of aliphatic hydroxyl groups is 1. The average Bonchev–Trinajstić information content (AvgIpc) is 3.36. The van der Waals surface area contributed by atoms with Crippen molar-refractivity contribution in [3.63, 3.8) is 0 Å². The van der Waals surface area contributed by atoms with Crippen LogP contribution in [0.2, 0.25) is 0 Å². The number of carboxylic acid groups (broad SMARTS) is 1. The Morgan fingerprint density at radius 1 is 1.14 bits per heavy atom. The monoisotopic (exact) mass is 533 g/mol. The summed E-state index contributed by atoms with van der Waals surface area (Å²) in [4.78, 5) is 38.1. The zero-order valence-corrected chi connectivity index (χ0v) is 21.5. The molecule has 1 saturated heterocycles. The van der Waals surface area contributed by atoms with Crippen LogP contribution in [0.3, 0.4) is 0 Å². The number of rotatable bonds is 10. The Labute approximate surface area is 215 Å². The number of benzene rings is 2. The van der Waals surface area contributed by atoms with Crippen molar-refractivity contribution >= 4 is 28.0 Å². The Balaban J connectivity index is 1.66. The van der Waals surface area contributed by atoms with E-state index in [2.05, 4.69) is 5.32 Å². The molecule has 3 N–H and O–H groups in total. The third-order valence-corrected chi connectivity index (χ3v) is 7.99. The smallest absolute Gasteiger partial charge is 0.415 e. The lowest BCUT2D eigenvalue weighted by Gasteiger charge is -2.25. The summed E-state index contributed by atoms with van der Waals surface area (Å²) >= 11 is 0. The number of aryl methyl sites for hydroxylation is 1. The van der Waals surface area contributed by atoms with Gasteiger partial charge in [-0.15, -0.1) is 0 Å². The first-order valence-corrected chi connectivity index (χ1v) is 13.2. The van der Waals surface area contributed by atoms with Gasteiger partial charge in [0.2, 0.25) is 15.9 Å². The molecule has 0 radical (unpaired) electrons. The summed E-state index contributed by atoms with van der Waals surface area (Å²) < 4.78 is 32.6. The minimum Gasteiger partial charge on any atom is -0.480 e. The fraction of sp³-hybridized carbons (Fsp3) is 0.400. The molecule has 0 aliphatic carbocycles. The van der Waals surface area contributed by atoms with Crippen LogP contribution in [0.4, 0.5) is 4.79 Å². The molecule has 2 amide bonds. The number of likely N-dealkylation sites (N-methyl/N-ethyl adjacent to an activating group) is 1. The maximum atomic E-state index is 13.1. The number of aliphatic carboxylic acids is 1. The van der Waals surface area contributed by atoms with Gasteiger partial charge in [-0.25, -0.2) is 18.0 Å². The van der Waals surface area contributed by atoms with Gasteiger partial charge in [0.25, 0.3) is 0 Å². The third kappa shape index (κ3) is 7.06. The molecule has 11 nitrogen and oxygen atoms in total. The molecule has 0 spiro atoms. The molecule has 0 bridgehead atoms. The van der Waals surface area contributed by atoms with Crippen LogP contribution in [0.25, 0.3) is 0 Å². The van der Waals surface area contributed by atoms with Gasteiger partial charge in [0.1, 0.15) is 17.8 Å². The van der Waals surface area contributed by atoms with Crippen LogP contribution in [0.1, 0.15) is 24.0 Å². The van der Waals surface area contributed by atoms with Gasteiger partial charge in [-0.05, 0) is 49.6 Å². The Morgan fingerprint density at radius 3 is 2.38 bits per heavy atom. The highest BCUT2D eigenvalue weighted by Gasteiger charge is 2.40. The minimum absolute atomic E-state index is 0.0584. The summed E-state index contributed by atoms with van der Waals surface area (Å²) in [5.74, 6) is -1.70. The lowest BCUT2D eigenvalue weighted by molar-refractivity contribution is -0.142. The highest BCUT2D eigenvalue weighted by Crippen LogP contribution is 2.26. The van der Waals surface area contributed by atoms with Crippen molar-refractivity contribution in [3.8, 4) is 5.75 Å². The lowest BCUT2D eigenvalue weighted by atomic mass is 10.1. The van der Waals surface area contributed by atoms with Gasteiger partial charge in [0.15, 0.2) is 0 Å². The first-order chi connectivity index (χ1) is 17.5. The Hall–Kier alpha value is -3.48. The molecule has 1 heterocycles. The normalized spacial score (nSPS) is 16.7. The number of nitrogens with one attached hydrogen (secondary N) is 1. The van der Waals surface area contributed by atoms with E-state index in [0.29, 0.717) is 12.0 Å². The zero-order valence-electron chi connectivity index (χ0n) is 20.7. The second kappa shape index (κ2) is 12.2. The molecule has 0 saturated carbocycles. The van der Waals surface area contributed by atoms with Crippen LogP contribution < -0.4 is 10.1 Å². The van der Waals surface area contributed by atoms with Crippen molar-refractivity contribution < 1.29 is 37.8 Å². The molecule has 1 aliphatic rings. The fourth-order valence-corrected chi connectivity index (χ4v) is 5.61. The predicted molar refractivity (Wildman–Crippen MR) is 134 cm³/mol. The number of carbonyl (C=O) groups excluding carboxylic acids is 2. The van der Waals surface area contributed by atoms with Gasteiger partial charge < -0.3 is 25.2 Å². The van der Waals surface area contributed by atoms with E-state index in [4.69, 9.17) is 9.84 Å². The Kier molecular flexibility index (Phi) is 9.24. The number of sulfonamides is 1. The molecule has 0 unspecified atom stereocenters. The number of ether oxygens (including phenoxy) is 1. The number of amides is 2. The third-order valence-electron chi connectivity index (χ3n) is 6.06. The van der Waals surface area contributed by atoms with Crippen LogP contribution in [-0.4, -0.2) is 84.6 Å². The molecule has 200 valence electrons. The van der Waals surface area contributed by atoms with Crippen molar-refractivity contribution in [3.05, 3.63) is 59.7 Å². The van der Waals surface area contributed by atoms with E-state index in [-0.39, 0.29) is 43.2 Å². The van der Waals surface area contributed by atoms with Crippen molar-refractivity contribution in [1.29, 1.82) is 0 Å². The van der Waals surface area contributed by atoms with Crippen molar-refractivity contribution in [2.75, 3.05) is 26.7 Å². The summed E-state index contributed by atoms with van der Waals surface area (Å²) in [7, 11) is -2.45. The highest BCUT2D eigenvalue weighted by atomic mass is 32.2. The maximum Gasteiger partial charge on any atom is 0.415 e. The number of hydrogen-bond acceptors (Lipinski definition) is 7. The molecule has 2 aromatic rings. The first-order valence-electron chi connectivity index (χ1n) is 11.8. The van der Waals surface area contributed by atoms with E-state index in [1.807, 2.05) is 6.92 Å². The van der Waals surface area contributed by atoms with E-state index in [1.165, 1.54) is 36.2 Å². The second-order valence-electron chi connectivity index (χ2n) is 8.85. The van der Waals surface area contributed by atoms with Crippen LogP contribution in [0.15, 0.2) is 53.4 Å². The van der Waals surface area contributed by atoms with Gasteiger partial charge in [-0.1, -0.05) is 29.8 Å². The van der Waals surface area contributed by atoms with Gasteiger partial charge in [0.05, 0.1) is 11.5 Å². The summed E-state index contributed by atoms with van der Waals surface area (Å²) in [6, 6.07) is 10.2. The van der Waals surface area contributed by atoms with Crippen LogP contribution >= 0.6 is 0 Å². The SMILES string of the molecule is Cc1ccc(S(=O)(=O)N2CCC[C@H]2C(=O)N[C@@H](Cc2ccc(OC(=O)N(C)CCO)cc2)C(=O)O)cc1. The highest BCUT2D eigenvalue weighted by molar-refractivity contribution is 7.89. The molecule has 12 heteroatoms. The van der Waals surface area contributed by atoms with Crippen molar-refractivity contribution in [1.82, 2.24) is 14.5 Å². The predicted octanol–water partition coefficient (Wildman–Crippen LogP) is 1.38. The molecule has 2 atom stereocenters. The lowest BCUT2D eigenvalue weighted by Crippen LogP contribution is -2.51. The summed E-state index contributed by atoms with van der Waals surface area (Å²) in [5.41, 5.74) is 1.46. The van der Waals surface area contributed by atoms with Gasteiger partial charge in [0, 0.05) is 26.6 Å². The van der Waals surface area contributed by atoms with E-state index in [0.717, 1.165) is 9.87 Å². The molecule has 37 heavy (non-hydrogen) atoms. The zero-order chi connectivity index (χ0) is 27.2. The first kappa shape index (κ1) is 28.1. The Bertz CT molecular complexity index is 1220. The van der Waals surface area contributed by atoms with E-state index < -0.39 is 40.1 Å². The summed E-state index contributed by atoms with van der Waals surface area (Å²) in [6.07, 6.45) is 0.0546. The molecular formula is C25H31N3O8S. The fourth-order valence-electron chi connectivity index (χ4n) is 3.95. The van der Waals surface area contributed by atoms with Crippen molar-refractivity contribution in [2.45, 2.75) is 43.2 Å².